The zero-order valence-electron chi connectivity index (χ0n) is 15.2. The minimum Gasteiger partial charge on any atom is -0.312 e. The highest BCUT2D eigenvalue weighted by molar-refractivity contribution is 7.91. The summed E-state index contributed by atoms with van der Waals surface area (Å²) in [7, 11) is -7.15. The standard InChI is InChI=1S/C17H24N2O5S2/c1-12(11-25(3,21)22)19(15-5-6-15)26(23,24)16-7-4-14-8-9-18(13(2)20)17(14)10-16/h4,7,10,12,15H,5-6,8-9,11H2,1-3H3. The van der Waals surface area contributed by atoms with E-state index >= 15 is 0 Å². The molecule has 0 bridgehead atoms. The highest BCUT2D eigenvalue weighted by Crippen LogP contribution is 2.37. The van der Waals surface area contributed by atoms with Gasteiger partial charge in [0.15, 0.2) is 0 Å². The number of hydrogen-bond acceptors (Lipinski definition) is 5. The third-order valence-corrected chi connectivity index (χ3v) is 7.94. The van der Waals surface area contributed by atoms with E-state index in [-0.39, 0.29) is 22.6 Å². The van der Waals surface area contributed by atoms with Crippen molar-refractivity contribution in [3.8, 4) is 0 Å². The fourth-order valence-corrected chi connectivity index (χ4v) is 6.63. The number of anilines is 1. The number of benzene rings is 1. The van der Waals surface area contributed by atoms with Gasteiger partial charge in [-0.2, -0.15) is 4.31 Å². The third-order valence-electron chi connectivity index (χ3n) is 4.79. The molecule has 0 spiro atoms. The maximum absolute atomic E-state index is 13.2. The van der Waals surface area contributed by atoms with Crippen molar-refractivity contribution in [3.63, 3.8) is 0 Å². The Labute approximate surface area is 155 Å². The summed E-state index contributed by atoms with van der Waals surface area (Å²) in [5, 5.41) is 0. The van der Waals surface area contributed by atoms with E-state index in [1.165, 1.54) is 11.2 Å². The normalized spacial score (nSPS) is 18.8. The monoisotopic (exact) mass is 400 g/mol. The molecule has 2 aliphatic rings. The van der Waals surface area contributed by atoms with Crippen molar-refractivity contribution in [2.75, 3.05) is 23.5 Å². The van der Waals surface area contributed by atoms with Gasteiger partial charge >= 0.3 is 0 Å². The van der Waals surface area contributed by atoms with Gasteiger partial charge in [0.2, 0.25) is 15.9 Å². The lowest BCUT2D eigenvalue weighted by Crippen LogP contribution is -2.43. The van der Waals surface area contributed by atoms with Gasteiger partial charge in [0.25, 0.3) is 0 Å². The molecule has 1 aliphatic heterocycles. The van der Waals surface area contributed by atoms with Crippen molar-refractivity contribution >= 4 is 31.5 Å². The van der Waals surface area contributed by atoms with E-state index < -0.39 is 25.9 Å². The average molecular weight is 401 g/mol. The van der Waals surface area contributed by atoms with Crippen LogP contribution in [0.15, 0.2) is 23.1 Å². The second-order valence-electron chi connectivity index (χ2n) is 7.22. The maximum Gasteiger partial charge on any atom is 0.243 e. The predicted octanol–water partition coefficient (Wildman–Crippen LogP) is 1.18. The first-order valence-corrected chi connectivity index (χ1v) is 12.1. The van der Waals surface area contributed by atoms with Crippen molar-refractivity contribution < 1.29 is 21.6 Å². The molecule has 1 heterocycles. The lowest BCUT2D eigenvalue weighted by molar-refractivity contribution is -0.116. The zero-order valence-corrected chi connectivity index (χ0v) is 16.8. The molecule has 0 aromatic heterocycles. The topological polar surface area (TPSA) is 91.8 Å². The van der Waals surface area contributed by atoms with Crippen molar-refractivity contribution in [2.24, 2.45) is 0 Å². The molecule has 144 valence electrons. The molecule has 1 aliphatic carbocycles. The van der Waals surface area contributed by atoms with Gasteiger partial charge in [-0.15, -0.1) is 0 Å². The Kier molecular flexibility index (Phi) is 4.91. The van der Waals surface area contributed by atoms with Crippen molar-refractivity contribution in [3.05, 3.63) is 23.8 Å². The smallest absolute Gasteiger partial charge is 0.243 e. The van der Waals surface area contributed by atoms with E-state index in [0.717, 1.165) is 24.7 Å². The lowest BCUT2D eigenvalue weighted by atomic mass is 10.2. The Hall–Kier alpha value is -1.45. The number of carbonyl (C=O) groups excluding carboxylic acids is 1. The summed E-state index contributed by atoms with van der Waals surface area (Å²) < 4.78 is 51.1. The first-order chi connectivity index (χ1) is 12.0. The summed E-state index contributed by atoms with van der Waals surface area (Å²) in [5.41, 5.74) is 1.58. The van der Waals surface area contributed by atoms with E-state index in [0.29, 0.717) is 18.7 Å². The largest absolute Gasteiger partial charge is 0.312 e. The Bertz CT molecular complexity index is 936. The van der Waals surface area contributed by atoms with Crippen LogP contribution in [0.25, 0.3) is 0 Å². The molecule has 3 rings (SSSR count). The van der Waals surface area contributed by atoms with E-state index in [1.807, 2.05) is 0 Å². The summed E-state index contributed by atoms with van der Waals surface area (Å²) in [6.45, 7) is 3.64. The van der Waals surface area contributed by atoms with Crippen molar-refractivity contribution in [1.82, 2.24) is 4.31 Å². The molecule has 1 fully saturated rings. The van der Waals surface area contributed by atoms with Gasteiger partial charge in [-0.1, -0.05) is 6.07 Å². The number of carbonyl (C=O) groups is 1. The van der Waals surface area contributed by atoms with Crippen LogP contribution in [-0.4, -0.2) is 57.7 Å². The summed E-state index contributed by atoms with van der Waals surface area (Å²) >= 11 is 0. The molecule has 0 radical (unpaired) electrons. The zero-order chi connectivity index (χ0) is 19.3. The molecule has 26 heavy (non-hydrogen) atoms. The minimum atomic E-state index is -3.85. The minimum absolute atomic E-state index is 0.108. The summed E-state index contributed by atoms with van der Waals surface area (Å²) in [6.07, 6.45) is 3.28. The number of amides is 1. The van der Waals surface area contributed by atoms with Crippen LogP contribution in [0.4, 0.5) is 5.69 Å². The molecule has 1 saturated carbocycles. The highest BCUT2D eigenvalue weighted by Gasteiger charge is 2.42. The second-order valence-corrected chi connectivity index (χ2v) is 11.2. The van der Waals surface area contributed by atoms with Crippen LogP contribution >= 0.6 is 0 Å². The molecular weight excluding hydrogens is 376 g/mol. The van der Waals surface area contributed by atoms with E-state index in [4.69, 9.17) is 0 Å². The molecule has 7 nitrogen and oxygen atoms in total. The van der Waals surface area contributed by atoms with Crippen LogP contribution < -0.4 is 4.90 Å². The van der Waals surface area contributed by atoms with Crippen LogP contribution in [0.5, 0.6) is 0 Å². The van der Waals surface area contributed by atoms with E-state index in [2.05, 4.69) is 0 Å². The van der Waals surface area contributed by atoms with Gasteiger partial charge in [-0.3, -0.25) is 4.79 Å². The second kappa shape index (κ2) is 6.61. The van der Waals surface area contributed by atoms with Gasteiger partial charge < -0.3 is 4.90 Å². The van der Waals surface area contributed by atoms with Gasteiger partial charge in [0, 0.05) is 37.5 Å². The Balaban J connectivity index is 1.99. The van der Waals surface area contributed by atoms with E-state index in [9.17, 15) is 21.6 Å². The number of sulfone groups is 1. The molecule has 0 saturated heterocycles. The molecule has 1 unspecified atom stereocenters. The summed E-state index contributed by atoms with van der Waals surface area (Å²) in [5.74, 6) is -0.337. The first kappa shape index (κ1) is 19.3. The molecule has 1 atom stereocenters. The quantitative estimate of drug-likeness (QED) is 0.715. The molecule has 9 heteroatoms. The number of fused-ring (bicyclic) bond motifs is 1. The molecular formula is C17H24N2O5S2. The van der Waals surface area contributed by atoms with Crippen LogP contribution in [0.2, 0.25) is 0 Å². The fourth-order valence-electron chi connectivity index (χ4n) is 3.60. The first-order valence-electron chi connectivity index (χ1n) is 8.63. The fraction of sp³-hybridized carbons (Fsp3) is 0.588. The Morgan fingerprint density at radius 1 is 1.27 bits per heavy atom. The predicted molar refractivity (Wildman–Crippen MR) is 99.4 cm³/mol. The van der Waals surface area contributed by atoms with Crippen molar-refractivity contribution in [1.29, 1.82) is 0 Å². The van der Waals surface area contributed by atoms with Gasteiger partial charge in [0.05, 0.1) is 10.6 Å². The van der Waals surface area contributed by atoms with Crippen LogP contribution in [-0.2, 0) is 31.1 Å². The van der Waals surface area contributed by atoms with Gasteiger partial charge in [-0.25, -0.2) is 16.8 Å². The highest BCUT2D eigenvalue weighted by atomic mass is 32.2. The number of hydrogen-bond donors (Lipinski definition) is 0. The van der Waals surface area contributed by atoms with E-state index in [1.54, 1.807) is 30.0 Å². The number of sulfonamides is 1. The van der Waals surface area contributed by atoms with Crippen LogP contribution in [0, 0.1) is 0 Å². The molecule has 1 amide bonds. The lowest BCUT2D eigenvalue weighted by Gasteiger charge is -2.28. The third kappa shape index (κ3) is 3.79. The molecule has 1 aromatic rings. The number of rotatable bonds is 6. The Morgan fingerprint density at radius 2 is 1.92 bits per heavy atom. The maximum atomic E-state index is 13.2. The van der Waals surface area contributed by atoms with Crippen molar-refractivity contribution in [2.45, 2.75) is 50.1 Å². The summed E-state index contributed by atoms with van der Waals surface area (Å²) in [4.78, 5) is 13.5. The van der Waals surface area contributed by atoms with Crippen LogP contribution in [0.3, 0.4) is 0 Å². The average Bonchev–Trinajstić information content (AvgIpc) is 3.21. The summed E-state index contributed by atoms with van der Waals surface area (Å²) in [6, 6.07) is 4.05. The number of nitrogens with zero attached hydrogens (tertiary/aromatic N) is 2. The Morgan fingerprint density at radius 3 is 2.46 bits per heavy atom. The molecule has 0 N–H and O–H groups in total. The SMILES string of the molecule is CC(=O)N1CCc2ccc(S(=O)(=O)N(C(C)CS(C)(=O)=O)C3CC3)cc21. The van der Waals surface area contributed by atoms with Gasteiger partial charge in [-0.05, 0) is 43.9 Å². The van der Waals surface area contributed by atoms with Gasteiger partial charge in [0.1, 0.15) is 9.84 Å². The molecule has 1 aromatic carbocycles. The van der Waals surface area contributed by atoms with Crippen LogP contribution in [0.1, 0.15) is 32.3 Å².